The van der Waals surface area contributed by atoms with Crippen molar-refractivity contribution >= 4 is 0 Å². The molecule has 0 unspecified atom stereocenters. The van der Waals surface area contributed by atoms with E-state index in [-0.39, 0.29) is 12.8 Å². The second-order valence-electron chi connectivity index (χ2n) is 4.45. The summed E-state index contributed by atoms with van der Waals surface area (Å²) in [5.41, 5.74) is 7.04. The zero-order valence-corrected chi connectivity index (χ0v) is 8.69. The minimum Gasteiger partial charge on any atom is -0.320 e. The normalized spacial score (nSPS) is 24.0. The maximum atomic E-state index is 13.0. The van der Waals surface area contributed by atoms with E-state index in [4.69, 9.17) is 5.73 Å². The van der Waals surface area contributed by atoms with Gasteiger partial charge >= 0.3 is 0 Å². The number of nitrogens with zero attached hydrogens (tertiary/aromatic N) is 1. The molecular weight excluding hydrogens is 200 g/mol. The van der Waals surface area contributed by atoms with Gasteiger partial charge in [-0.05, 0) is 25.8 Å². The Labute approximate surface area is 87.0 Å². The third-order valence-electron chi connectivity index (χ3n) is 3.09. The molecule has 5 heteroatoms. The Balaban J connectivity index is 2.16. The highest BCUT2D eigenvalue weighted by Crippen LogP contribution is 2.41. The van der Waals surface area contributed by atoms with Gasteiger partial charge in [-0.1, -0.05) is 0 Å². The average Bonchev–Trinajstić information content (AvgIpc) is 2.59. The van der Waals surface area contributed by atoms with Crippen LogP contribution in [-0.2, 0) is 5.54 Å². The molecule has 0 radical (unpaired) electrons. The first-order valence-electron chi connectivity index (χ1n) is 5.11. The zero-order valence-electron chi connectivity index (χ0n) is 8.69. The number of halogens is 2. The number of aromatic amines is 1. The number of hydrogen-bond acceptors (Lipinski definition) is 2. The fourth-order valence-corrected chi connectivity index (χ4v) is 1.99. The molecule has 0 aliphatic heterocycles. The maximum absolute atomic E-state index is 13.0. The van der Waals surface area contributed by atoms with Crippen LogP contribution in [-0.4, -0.2) is 16.1 Å². The van der Waals surface area contributed by atoms with E-state index in [1.807, 2.05) is 13.0 Å². The maximum Gasteiger partial charge on any atom is 0.248 e. The fraction of sp³-hybridized carbons (Fsp3) is 0.700. The Kier molecular flexibility index (Phi) is 2.30. The Hall–Kier alpha value is -0.970. The van der Waals surface area contributed by atoms with Gasteiger partial charge in [0.1, 0.15) is 0 Å². The van der Waals surface area contributed by atoms with Gasteiger partial charge in [0.25, 0.3) is 0 Å². The Bertz CT molecular complexity index is 349. The summed E-state index contributed by atoms with van der Waals surface area (Å²) in [6, 6.07) is 1.84. The van der Waals surface area contributed by atoms with Crippen molar-refractivity contribution in [1.82, 2.24) is 10.2 Å². The number of aryl methyl sites for hydroxylation is 1. The van der Waals surface area contributed by atoms with Crippen LogP contribution in [0.25, 0.3) is 0 Å². The zero-order chi connectivity index (χ0) is 11.1. The van der Waals surface area contributed by atoms with Gasteiger partial charge in [0, 0.05) is 18.5 Å². The molecule has 0 amide bonds. The second kappa shape index (κ2) is 3.27. The first-order chi connectivity index (χ1) is 6.91. The van der Waals surface area contributed by atoms with Gasteiger partial charge < -0.3 is 5.73 Å². The van der Waals surface area contributed by atoms with Gasteiger partial charge in [-0.15, -0.1) is 0 Å². The highest BCUT2D eigenvalue weighted by molar-refractivity contribution is 5.18. The van der Waals surface area contributed by atoms with Crippen LogP contribution in [0.5, 0.6) is 0 Å². The number of aromatic nitrogens is 2. The summed E-state index contributed by atoms with van der Waals surface area (Å²) in [5.74, 6) is -2.55. The molecule has 1 aromatic heterocycles. The van der Waals surface area contributed by atoms with Crippen LogP contribution in [0.3, 0.4) is 0 Å². The highest BCUT2D eigenvalue weighted by Gasteiger charge is 2.43. The van der Waals surface area contributed by atoms with Gasteiger partial charge in [0.15, 0.2) is 0 Å². The van der Waals surface area contributed by atoms with Crippen molar-refractivity contribution in [3.8, 4) is 0 Å². The lowest BCUT2D eigenvalue weighted by Crippen LogP contribution is -2.43. The number of nitrogens with two attached hydrogens (primary N) is 1. The summed E-state index contributed by atoms with van der Waals surface area (Å²) in [6.45, 7) is 1.87. The molecule has 0 aromatic carbocycles. The van der Waals surface area contributed by atoms with Crippen LogP contribution in [0.4, 0.5) is 8.78 Å². The van der Waals surface area contributed by atoms with Crippen molar-refractivity contribution in [3.63, 3.8) is 0 Å². The van der Waals surface area contributed by atoms with Gasteiger partial charge in [-0.25, -0.2) is 8.78 Å². The van der Waals surface area contributed by atoms with E-state index in [1.54, 1.807) is 0 Å². The quantitative estimate of drug-likeness (QED) is 0.753. The molecule has 84 valence electrons. The predicted octanol–water partition coefficient (Wildman–Crippen LogP) is 2.08. The van der Waals surface area contributed by atoms with Crippen molar-refractivity contribution in [3.05, 3.63) is 17.5 Å². The largest absolute Gasteiger partial charge is 0.320 e. The summed E-state index contributed by atoms with van der Waals surface area (Å²) in [6.07, 6.45) is 0.305. The SMILES string of the molecule is Cc1cc(C2(N)CCC(F)(F)CC2)n[nH]1. The van der Waals surface area contributed by atoms with Crippen molar-refractivity contribution in [2.45, 2.75) is 44.1 Å². The molecule has 3 nitrogen and oxygen atoms in total. The molecule has 1 saturated carbocycles. The summed E-state index contributed by atoms with van der Waals surface area (Å²) in [5, 5.41) is 6.86. The van der Waals surface area contributed by atoms with Crippen molar-refractivity contribution < 1.29 is 8.78 Å². The predicted molar refractivity (Wildman–Crippen MR) is 52.6 cm³/mol. The minimum absolute atomic E-state index is 0.143. The Morgan fingerprint density at radius 3 is 2.40 bits per heavy atom. The summed E-state index contributed by atoms with van der Waals surface area (Å²) in [4.78, 5) is 0. The lowest BCUT2D eigenvalue weighted by atomic mass is 9.78. The monoisotopic (exact) mass is 215 g/mol. The van der Waals surface area contributed by atoms with Crippen LogP contribution < -0.4 is 5.73 Å². The van der Waals surface area contributed by atoms with Gasteiger partial charge in [0.05, 0.1) is 11.2 Å². The standard InChI is InChI=1S/C10H15F2N3/c1-7-6-8(15-14-7)9(13)2-4-10(11,12)5-3-9/h6H,2-5,13H2,1H3,(H,14,15). The van der Waals surface area contributed by atoms with Crippen molar-refractivity contribution in [1.29, 1.82) is 0 Å². The third kappa shape index (κ3) is 2.02. The Morgan fingerprint density at radius 2 is 1.93 bits per heavy atom. The minimum atomic E-state index is -2.55. The second-order valence-corrected chi connectivity index (χ2v) is 4.45. The smallest absolute Gasteiger partial charge is 0.248 e. The van der Waals surface area contributed by atoms with E-state index in [0.29, 0.717) is 18.5 Å². The summed E-state index contributed by atoms with van der Waals surface area (Å²) < 4.78 is 26.0. The number of hydrogen-bond donors (Lipinski definition) is 2. The lowest BCUT2D eigenvalue weighted by Gasteiger charge is -2.35. The van der Waals surface area contributed by atoms with E-state index in [0.717, 1.165) is 5.69 Å². The van der Waals surface area contributed by atoms with E-state index in [9.17, 15) is 8.78 Å². The van der Waals surface area contributed by atoms with Crippen LogP contribution in [0, 0.1) is 6.92 Å². The fourth-order valence-electron chi connectivity index (χ4n) is 1.99. The summed E-state index contributed by atoms with van der Waals surface area (Å²) in [7, 11) is 0. The van der Waals surface area contributed by atoms with E-state index in [1.165, 1.54) is 0 Å². The van der Waals surface area contributed by atoms with Gasteiger partial charge in [0.2, 0.25) is 5.92 Å². The van der Waals surface area contributed by atoms with Crippen LogP contribution >= 0.6 is 0 Å². The molecule has 0 bridgehead atoms. The molecule has 1 aromatic rings. The van der Waals surface area contributed by atoms with E-state index >= 15 is 0 Å². The van der Waals surface area contributed by atoms with Gasteiger partial charge in [-0.3, -0.25) is 5.10 Å². The summed E-state index contributed by atoms with van der Waals surface area (Å²) >= 11 is 0. The van der Waals surface area contributed by atoms with Gasteiger partial charge in [-0.2, -0.15) is 5.10 Å². The molecule has 0 atom stereocenters. The molecule has 1 aliphatic carbocycles. The molecule has 0 spiro atoms. The van der Waals surface area contributed by atoms with Crippen LogP contribution in [0.2, 0.25) is 0 Å². The van der Waals surface area contributed by atoms with Crippen LogP contribution in [0.15, 0.2) is 6.07 Å². The number of H-pyrrole nitrogens is 1. The number of alkyl halides is 2. The molecule has 15 heavy (non-hydrogen) atoms. The molecule has 3 N–H and O–H groups in total. The van der Waals surface area contributed by atoms with Crippen molar-refractivity contribution in [2.24, 2.45) is 5.73 Å². The highest BCUT2D eigenvalue weighted by atomic mass is 19.3. The average molecular weight is 215 g/mol. The lowest BCUT2D eigenvalue weighted by molar-refractivity contribution is -0.0519. The van der Waals surface area contributed by atoms with Crippen LogP contribution in [0.1, 0.15) is 37.1 Å². The molecule has 0 saturated heterocycles. The third-order valence-corrected chi connectivity index (χ3v) is 3.09. The van der Waals surface area contributed by atoms with E-state index < -0.39 is 11.5 Å². The Morgan fingerprint density at radius 1 is 1.33 bits per heavy atom. The molecule has 1 aliphatic rings. The van der Waals surface area contributed by atoms with Crippen molar-refractivity contribution in [2.75, 3.05) is 0 Å². The topological polar surface area (TPSA) is 54.7 Å². The first kappa shape index (κ1) is 10.5. The first-order valence-corrected chi connectivity index (χ1v) is 5.11. The molecular formula is C10H15F2N3. The molecule has 1 fully saturated rings. The molecule has 1 heterocycles. The number of rotatable bonds is 1. The van der Waals surface area contributed by atoms with E-state index in [2.05, 4.69) is 10.2 Å². The number of nitrogens with one attached hydrogen (secondary N) is 1. The molecule has 2 rings (SSSR count).